The molecule has 0 radical (unpaired) electrons. The highest BCUT2D eigenvalue weighted by Gasteiger charge is 2.45. The fourth-order valence-corrected chi connectivity index (χ4v) is 6.03. The molecular formula is C36H50F4N2O4. The number of nitrogens with one attached hydrogen (secondary N) is 1. The van der Waals surface area contributed by atoms with E-state index < -0.39 is 17.6 Å². The van der Waals surface area contributed by atoms with Crippen LogP contribution in [0.15, 0.2) is 48.0 Å². The van der Waals surface area contributed by atoms with Crippen LogP contribution in [0.1, 0.15) is 93.1 Å². The number of alkyl halides is 3. The molecule has 1 aliphatic heterocycles. The first kappa shape index (κ1) is 38.9. The summed E-state index contributed by atoms with van der Waals surface area (Å²) in [5.74, 6) is 3.08. The molecule has 3 atom stereocenters. The number of amides is 1. The summed E-state index contributed by atoms with van der Waals surface area (Å²) in [6.45, 7) is 8.73. The molecule has 0 aromatic heterocycles. The zero-order chi connectivity index (χ0) is 34.3. The van der Waals surface area contributed by atoms with E-state index in [9.17, 15) is 27.2 Å². The van der Waals surface area contributed by atoms with Gasteiger partial charge in [0.15, 0.2) is 6.29 Å². The van der Waals surface area contributed by atoms with E-state index >= 15 is 0 Å². The molecule has 3 N–H and O–H groups in total. The van der Waals surface area contributed by atoms with Crippen molar-refractivity contribution in [2.75, 3.05) is 32.7 Å². The largest absolute Gasteiger partial charge is 0.496 e. The summed E-state index contributed by atoms with van der Waals surface area (Å²) in [5, 5.41) is 2.00. The molecule has 1 amide bonds. The monoisotopic (exact) mass is 650 g/mol. The number of rotatable bonds is 11. The highest BCUT2D eigenvalue weighted by Crippen LogP contribution is 2.50. The summed E-state index contributed by atoms with van der Waals surface area (Å²) in [4.78, 5) is 20.9. The number of carbonyl (C=O) groups excluding carboxylic acids is 2. The van der Waals surface area contributed by atoms with Crippen molar-refractivity contribution in [2.24, 2.45) is 29.4 Å². The van der Waals surface area contributed by atoms with Crippen molar-refractivity contribution in [3.05, 3.63) is 70.6 Å². The predicted molar refractivity (Wildman–Crippen MR) is 175 cm³/mol. The topological polar surface area (TPSA) is 90.7 Å². The molecule has 6 nitrogen and oxygen atoms in total. The van der Waals surface area contributed by atoms with Crippen molar-refractivity contribution in [2.45, 2.75) is 77.8 Å². The second-order valence-electron chi connectivity index (χ2n) is 11.9. The number of anilines is 1. The Kier molecular flexibility index (Phi) is 16.4. The van der Waals surface area contributed by atoms with E-state index in [4.69, 9.17) is 9.47 Å². The van der Waals surface area contributed by atoms with Gasteiger partial charge in [0.2, 0.25) is 6.41 Å². The van der Waals surface area contributed by atoms with Gasteiger partial charge in [-0.15, -0.1) is 0 Å². The van der Waals surface area contributed by atoms with Crippen LogP contribution in [-0.2, 0) is 15.7 Å². The minimum Gasteiger partial charge on any atom is -0.496 e. The quantitative estimate of drug-likeness (QED) is 0.144. The van der Waals surface area contributed by atoms with E-state index in [2.05, 4.69) is 38.6 Å². The molecule has 256 valence electrons. The molecule has 3 aliphatic rings. The van der Waals surface area contributed by atoms with Gasteiger partial charge in [-0.05, 0) is 112 Å². The van der Waals surface area contributed by atoms with Gasteiger partial charge < -0.3 is 20.5 Å². The fourth-order valence-electron chi connectivity index (χ4n) is 6.03. The summed E-state index contributed by atoms with van der Waals surface area (Å²) >= 11 is 0. The first-order chi connectivity index (χ1) is 22.1. The lowest BCUT2D eigenvalue weighted by atomic mass is 9.64. The van der Waals surface area contributed by atoms with Gasteiger partial charge in [-0.2, -0.15) is 13.2 Å². The Balaban J connectivity index is 0.000000236. The average molecular weight is 651 g/mol. The number of carbonyl (C=O) groups is 2. The average Bonchev–Trinajstić information content (AvgIpc) is 3.78. The molecule has 46 heavy (non-hydrogen) atoms. The number of halogens is 4. The molecule has 5 rings (SSSR count). The van der Waals surface area contributed by atoms with Crippen molar-refractivity contribution >= 4 is 18.4 Å². The zero-order valence-electron chi connectivity index (χ0n) is 27.7. The Morgan fingerprint density at radius 1 is 1.07 bits per heavy atom. The first-order valence-electron chi connectivity index (χ1n) is 16.1. The lowest BCUT2D eigenvalue weighted by Crippen LogP contribution is -2.33. The summed E-state index contributed by atoms with van der Waals surface area (Å²) < 4.78 is 59.7. The number of fused-ring (bicyclic) bond motifs is 1. The Bertz CT molecular complexity index is 1260. The number of nitrogens with two attached hydrogens (primary N) is 1. The lowest BCUT2D eigenvalue weighted by Gasteiger charge is -2.39. The number of allylic oxidation sites excluding steroid dienone is 2. The molecule has 3 unspecified atom stereocenters. The summed E-state index contributed by atoms with van der Waals surface area (Å²) in [7, 11) is 3.09. The third-order valence-electron chi connectivity index (χ3n) is 8.67. The molecular weight excluding hydrogens is 600 g/mol. The molecule has 0 spiro atoms. The molecule has 2 aliphatic carbocycles. The van der Waals surface area contributed by atoms with Gasteiger partial charge in [-0.25, -0.2) is 4.39 Å². The van der Waals surface area contributed by atoms with Gasteiger partial charge in [0, 0.05) is 12.3 Å². The van der Waals surface area contributed by atoms with Crippen molar-refractivity contribution in [1.82, 2.24) is 0 Å². The highest BCUT2D eigenvalue weighted by atomic mass is 19.4. The van der Waals surface area contributed by atoms with Crippen molar-refractivity contribution in [1.29, 1.82) is 0 Å². The third-order valence-corrected chi connectivity index (χ3v) is 8.67. The van der Waals surface area contributed by atoms with Crippen molar-refractivity contribution in [3.8, 4) is 5.75 Å². The predicted octanol–water partition coefficient (Wildman–Crippen LogP) is 8.80. The maximum Gasteiger partial charge on any atom is 0.419 e. The Labute approximate surface area is 271 Å². The van der Waals surface area contributed by atoms with Gasteiger partial charge in [0.1, 0.15) is 11.6 Å². The standard InChI is InChI=1S/C14H16O3.C13H24.C8H5F4NO.CH5N/c1-16-14-3-2-9(4-10(14)6-15)12-5-11-7-17-8-13(11)12;1-4-6-13(7-5-2)11(3)10-12-8-9-12;9-7-2-1-5(13-4-14)3-6(7)8(10,11)12;1-2/h2-4,6,11-13H,5,7-8H2,1H3;10,12-13H,4-9H2,1-3H3;1-4H,(H,13,14);2H2,1H3/b;11-10-;;. The van der Waals surface area contributed by atoms with Crippen LogP contribution in [0.4, 0.5) is 23.2 Å². The van der Waals surface area contributed by atoms with E-state index in [0.29, 0.717) is 35.3 Å². The van der Waals surface area contributed by atoms with E-state index in [1.165, 1.54) is 57.6 Å². The summed E-state index contributed by atoms with van der Waals surface area (Å²) in [5.41, 5.74) is 6.57. The van der Waals surface area contributed by atoms with E-state index in [0.717, 1.165) is 43.3 Å². The molecule has 1 heterocycles. The first-order valence-corrected chi connectivity index (χ1v) is 16.1. The van der Waals surface area contributed by atoms with Gasteiger partial charge in [0.25, 0.3) is 0 Å². The molecule has 2 saturated carbocycles. The minimum atomic E-state index is -4.76. The number of methoxy groups -OCH3 is 1. The van der Waals surface area contributed by atoms with Gasteiger partial charge in [-0.1, -0.05) is 44.4 Å². The molecule has 2 aromatic carbocycles. The van der Waals surface area contributed by atoms with Gasteiger partial charge in [0.05, 0.1) is 24.8 Å². The second kappa shape index (κ2) is 19.4. The normalized spacial score (nSPS) is 20.0. The molecule has 2 aromatic rings. The number of hydrogen-bond acceptors (Lipinski definition) is 5. The zero-order valence-corrected chi connectivity index (χ0v) is 27.7. The minimum absolute atomic E-state index is 0.103. The highest BCUT2D eigenvalue weighted by molar-refractivity contribution is 5.79. The van der Waals surface area contributed by atoms with Crippen LogP contribution in [-0.4, -0.2) is 40.1 Å². The molecule has 10 heteroatoms. The summed E-state index contributed by atoms with van der Waals surface area (Å²) in [6.07, 6.45) is 8.39. The van der Waals surface area contributed by atoms with E-state index in [1.54, 1.807) is 12.7 Å². The van der Waals surface area contributed by atoms with Crippen molar-refractivity contribution < 1.29 is 36.6 Å². The maximum atomic E-state index is 12.7. The second-order valence-corrected chi connectivity index (χ2v) is 11.9. The number of hydrogen-bond donors (Lipinski definition) is 2. The van der Waals surface area contributed by atoms with Crippen LogP contribution in [0.2, 0.25) is 0 Å². The van der Waals surface area contributed by atoms with Crippen LogP contribution in [0, 0.1) is 29.5 Å². The SMILES string of the molecule is CCCC(CCC)/C(C)=C\C1CC1.CN.COc1ccc(C2CC3COCC32)cc1C=O.O=CNc1ccc(F)c(C(F)(F)F)c1. The molecule has 0 bridgehead atoms. The Hall–Kier alpha value is -3.24. The number of ether oxygens (including phenoxy) is 2. The summed E-state index contributed by atoms with van der Waals surface area (Å²) in [6, 6.07) is 8.15. The maximum absolute atomic E-state index is 12.7. The molecule has 1 saturated heterocycles. The van der Waals surface area contributed by atoms with Crippen LogP contribution in [0.25, 0.3) is 0 Å². The number of benzene rings is 2. The van der Waals surface area contributed by atoms with Crippen LogP contribution in [0.5, 0.6) is 5.75 Å². The smallest absolute Gasteiger partial charge is 0.419 e. The van der Waals surface area contributed by atoms with Gasteiger partial charge >= 0.3 is 6.18 Å². The van der Waals surface area contributed by atoms with Crippen LogP contribution >= 0.6 is 0 Å². The Morgan fingerprint density at radius 2 is 1.74 bits per heavy atom. The van der Waals surface area contributed by atoms with Crippen molar-refractivity contribution in [3.63, 3.8) is 0 Å². The third kappa shape index (κ3) is 11.5. The number of aldehydes is 1. The Morgan fingerprint density at radius 3 is 2.26 bits per heavy atom. The fraction of sp³-hybridized carbons (Fsp3) is 0.556. The van der Waals surface area contributed by atoms with Crippen LogP contribution in [0.3, 0.4) is 0 Å². The molecule has 3 fully saturated rings. The van der Waals surface area contributed by atoms with Gasteiger partial charge in [-0.3, -0.25) is 9.59 Å². The lowest BCUT2D eigenvalue weighted by molar-refractivity contribution is -0.140. The van der Waals surface area contributed by atoms with E-state index in [1.807, 2.05) is 17.4 Å². The van der Waals surface area contributed by atoms with Crippen LogP contribution < -0.4 is 15.8 Å². The van der Waals surface area contributed by atoms with E-state index in [-0.39, 0.29) is 12.1 Å².